The van der Waals surface area contributed by atoms with Crippen molar-refractivity contribution in [2.75, 3.05) is 5.32 Å². The highest BCUT2D eigenvalue weighted by molar-refractivity contribution is 6.34. The number of nitrogens with one attached hydrogen (secondary N) is 1. The van der Waals surface area contributed by atoms with Crippen LogP contribution < -0.4 is 10.1 Å². The molecule has 200 valence electrons. The van der Waals surface area contributed by atoms with Crippen LogP contribution in [0, 0.1) is 13.5 Å². The first-order chi connectivity index (χ1) is 18.2. The van der Waals surface area contributed by atoms with E-state index in [2.05, 4.69) is 20.4 Å². The highest BCUT2D eigenvalue weighted by atomic mass is 35.5. The van der Waals surface area contributed by atoms with Crippen molar-refractivity contribution in [3.63, 3.8) is 0 Å². The number of esters is 2. The van der Waals surface area contributed by atoms with Gasteiger partial charge in [-0.2, -0.15) is 0 Å². The third-order valence-corrected chi connectivity index (χ3v) is 6.37. The molecular weight excluding hydrogens is 531 g/mol. The Morgan fingerprint density at radius 1 is 1.11 bits per heavy atom. The molecule has 0 aliphatic heterocycles. The molecule has 1 heterocycles. The number of aromatic nitrogens is 2. The zero-order valence-electron chi connectivity index (χ0n) is 21.5. The van der Waals surface area contributed by atoms with Crippen molar-refractivity contribution in [2.24, 2.45) is 0 Å². The van der Waals surface area contributed by atoms with Crippen molar-refractivity contribution >= 4 is 46.5 Å². The summed E-state index contributed by atoms with van der Waals surface area (Å²) in [7, 11) is 0. The van der Waals surface area contributed by atoms with Gasteiger partial charge < -0.3 is 19.2 Å². The minimum atomic E-state index is -0.727. The molecule has 2 aromatic carbocycles. The van der Waals surface area contributed by atoms with Crippen LogP contribution in [0.4, 0.5) is 11.4 Å². The minimum absolute atomic E-state index is 0.163. The van der Waals surface area contributed by atoms with Crippen molar-refractivity contribution in [3.8, 4) is 17.2 Å². The van der Waals surface area contributed by atoms with Crippen molar-refractivity contribution in [2.45, 2.75) is 65.5 Å². The van der Waals surface area contributed by atoms with Crippen LogP contribution in [0.2, 0.25) is 10.0 Å². The minimum Gasteiger partial charge on any atom is -0.460 e. The summed E-state index contributed by atoms with van der Waals surface area (Å²) in [6, 6.07) is 7.37. The zero-order chi connectivity index (χ0) is 27.8. The Balaban J connectivity index is 1.92. The normalized spacial score (nSPS) is 12.3. The van der Waals surface area contributed by atoms with E-state index in [1.54, 1.807) is 44.2 Å². The van der Waals surface area contributed by atoms with Gasteiger partial charge in [0.25, 0.3) is 0 Å². The second kappa shape index (κ2) is 13.3. The molecule has 0 bridgehead atoms. The number of hydrogen-bond acceptors (Lipinski definition) is 8. The van der Waals surface area contributed by atoms with Crippen molar-refractivity contribution in [3.05, 3.63) is 63.2 Å². The monoisotopic (exact) mass is 558 g/mol. The number of rotatable bonds is 11. The molecule has 1 N–H and O–H groups in total. The molecule has 11 heteroatoms. The van der Waals surface area contributed by atoms with Gasteiger partial charge in [-0.1, -0.05) is 43.1 Å². The average Bonchev–Trinajstić information content (AvgIpc) is 3.36. The Morgan fingerprint density at radius 3 is 2.47 bits per heavy atom. The largest absolute Gasteiger partial charge is 0.460 e. The predicted octanol–water partition coefficient (Wildman–Crippen LogP) is 7.49. The molecule has 0 amide bonds. The summed E-state index contributed by atoms with van der Waals surface area (Å²) in [4.78, 5) is 27.5. The number of anilines is 1. The van der Waals surface area contributed by atoms with E-state index in [0.717, 1.165) is 0 Å². The SMILES string of the molecule is [C-]#[N+]c1ccc(N[C@@H](c2nnc(-c3ccc(OC(=O)CCC)c(Cl)c3)o2)[C@H](C)OC(=O)CCC)c(C)c1Cl. The van der Waals surface area contributed by atoms with E-state index < -0.39 is 12.1 Å². The molecule has 0 aliphatic carbocycles. The predicted molar refractivity (Wildman–Crippen MR) is 145 cm³/mol. The maximum Gasteiger partial charge on any atom is 0.311 e. The van der Waals surface area contributed by atoms with E-state index in [0.29, 0.717) is 40.4 Å². The van der Waals surface area contributed by atoms with Gasteiger partial charge in [0, 0.05) is 24.1 Å². The molecule has 38 heavy (non-hydrogen) atoms. The van der Waals surface area contributed by atoms with Gasteiger partial charge in [0.05, 0.1) is 16.6 Å². The fraction of sp³-hybridized carbons (Fsp3) is 0.370. The Kier molecular flexibility index (Phi) is 10.1. The third kappa shape index (κ3) is 7.03. The Hall–Kier alpha value is -3.61. The number of carbonyl (C=O) groups is 2. The van der Waals surface area contributed by atoms with Crippen LogP contribution in [0.3, 0.4) is 0 Å². The van der Waals surface area contributed by atoms with Gasteiger partial charge in [-0.25, -0.2) is 4.85 Å². The molecule has 1 aromatic heterocycles. The molecule has 9 nitrogen and oxygen atoms in total. The van der Waals surface area contributed by atoms with Gasteiger partial charge in [0.15, 0.2) is 0 Å². The highest BCUT2D eigenvalue weighted by Gasteiger charge is 2.29. The lowest BCUT2D eigenvalue weighted by Gasteiger charge is -2.24. The molecule has 0 saturated heterocycles. The van der Waals surface area contributed by atoms with E-state index in [9.17, 15) is 9.59 Å². The maximum absolute atomic E-state index is 12.2. The topological polar surface area (TPSA) is 108 Å². The van der Waals surface area contributed by atoms with E-state index in [1.807, 2.05) is 13.8 Å². The molecule has 3 rings (SSSR count). The fourth-order valence-corrected chi connectivity index (χ4v) is 4.00. The number of ether oxygens (including phenoxy) is 2. The molecule has 2 atom stereocenters. The first-order valence-electron chi connectivity index (χ1n) is 12.1. The fourth-order valence-electron chi connectivity index (χ4n) is 3.57. The standard InChI is InChI=1S/C27H28Cl2N4O5/c1-6-8-22(34)36-16(4)25(31-19-11-12-20(30-5)24(29)15(19)3)27-33-32-26(38-27)17-10-13-21(18(28)14-17)37-23(35)9-7-2/h10-14,16,25,31H,6-9H2,1-4H3/t16-,25+/m0/s1. The second-order valence-corrected chi connectivity index (χ2v) is 9.35. The molecule has 0 aliphatic rings. The Labute approximate surface area is 231 Å². The highest BCUT2D eigenvalue weighted by Crippen LogP contribution is 2.36. The summed E-state index contributed by atoms with van der Waals surface area (Å²) in [5.74, 6) is -0.159. The molecule has 0 saturated carbocycles. The van der Waals surface area contributed by atoms with Crippen LogP contribution in [0.5, 0.6) is 5.75 Å². The van der Waals surface area contributed by atoms with Crippen molar-refractivity contribution in [1.29, 1.82) is 0 Å². The van der Waals surface area contributed by atoms with Crippen LogP contribution >= 0.6 is 23.2 Å². The summed E-state index contributed by atoms with van der Waals surface area (Å²) >= 11 is 12.7. The lowest BCUT2D eigenvalue weighted by molar-refractivity contribution is -0.149. The number of nitrogens with zero attached hydrogens (tertiary/aromatic N) is 3. The Morgan fingerprint density at radius 2 is 1.82 bits per heavy atom. The number of carbonyl (C=O) groups excluding carboxylic acids is 2. The summed E-state index contributed by atoms with van der Waals surface area (Å²) in [6.07, 6.45) is 1.17. The van der Waals surface area contributed by atoms with Crippen molar-refractivity contribution in [1.82, 2.24) is 10.2 Å². The van der Waals surface area contributed by atoms with E-state index in [-0.39, 0.29) is 47.3 Å². The first kappa shape index (κ1) is 29.0. The van der Waals surface area contributed by atoms with Gasteiger partial charge >= 0.3 is 11.9 Å². The van der Waals surface area contributed by atoms with E-state index >= 15 is 0 Å². The van der Waals surface area contributed by atoms with Gasteiger partial charge in [0.1, 0.15) is 17.9 Å². The molecule has 0 radical (unpaired) electrons. The smallest absolute Gasteiger partial charge is 0.311 e. The number of hydrogen-bond donors (Lipinski definition) is 1. The quantitative estimate of drug-likeness (QED) is 0.146. The summed E-state index contributed by atoms with van der Waals surface area (Å²) in [6.45, 7) is 14.5. The average molecular weight is 559 g/mol. The number of halogens is 2. The van der Waals surface area contributed by atoms with E-state index in [1.165, 1.54) is 0 Å². The second-order valence-electron chi connectivity index (χ2n) is 8.56. The summed E-state index contributed by atoms with van der Waals surface area (Å²) < 4.78 is 16.9. The molecular formula is C27H28Cl2N4O5. The Bertz CT molecular complexity index is 1350. The third-order valence-electron chi connectivity index (χ3n) is 5.60. The van der Waals surface area contributed by atoms with Crippen LogP contribution in [0.1, 0.15) is 64.0 Å². The van der Waals surface area contributed by atoms with Crippen LogP contribution in [-0.4, -0.2) is 28.2 Å². The van der Waals surface area contributed by atoms with Crippen LogP contribution in [-0.2, 0) is 14.3 Å². The maximum atomic E-state index is 12.2. The lowest BCUT2D eigenvalue weighted by atomic mass is 10.1. The summed E-state index contributed by atoms with van der Waals surface area (Å²) in [5, 5.41) is 12.2. The molecule has 0 unspecified atom stereocenters. The van der Waals surface area contributed by atoms with Crippen LogP contribution in [0.15, 0.2) is 34.7 Å². The zero-order valence-corrected chi connectivity index (χ0v) is 23.0. The summed E-state index contributed by atoms with van der Waals surface area (Å²) in [5.41, 5.74) is 2.11. The lowest BCUT2D eigenvalue weighted by Crippen LogP contribution is -2.28. The van der Waals surface area contributed by atoms with Gasteiger partial charge in [-0.15, -0.1) is 10.2 Å². The molecule has 0 fully saturated rings. The van der Waals surface area contributed by atoms with Crippen LogP contribution in [0.25, 0.3) is 16.3 Å². The molecule has 0 spiro atoms. The van der Waals surface area contributed by atoms with Gasteiger partial charge in [-0.05, 0) is 56.5 Å². The number of benzene rings is 2. The first-order valence-corrected chi connectivity index (χ1v) is 12.9. The molecule has 3 aromatic rings. The van der Waals surface area contributed by atoms with Gasteiger partial charge in [-0.3, -0.25) is 9.59 Å². The van der Waals surface area contributed by atoms with Gasteiger partial charge in [0.2, 0.25) is 17.5 Å². The van der Waals surface area contributed by atoms with Crippen molar-refractivity contribution < 1.29 is 23.5 Å². The van der Waals surface area contributed by atoms with E-state index in [4.69, 9.17) is 43.7 Å².